The first-order valence-electron chi connectivity index (χ1n) is 6.34. The van der Waals surface area contributed by atoms with Gasteiger partial charge in [-0.3, -0.25) is 14.5 Å². The van der Waals surface area contributed by atoms with Crippen molar-refractivity contribution >= 4 is 17.6 Å². The van der Waals surface area contributed by atoms with E-state index in [1.54, 1.807) is 6.92 Å². The number of carbonyl (C=O) groups is 2. The Kier molecular flexibility index (Phi) is 3.13. The smallest absolute Gasteiger partial charge is 0.342 e. The molecule has 10 nitrogen and oxygen atoms in total. The van der Waals surface area contributed by atoms with Gasteiger partial charge < -0.3 is 10.1 Å². The van der Waals surface area contributed by atoms with E-state index in [1.165, 1.54) is 17.0 Å². The molecule has 2 aromatic heterocycles. The first kappa shape index (κ1) is 13.8. The zero-order valence-corrected chi connectivity index (χ0v) is 11.5. The summed E-state index contributed by atoms with van der Waals surface area (Å²) in [6.07, 6.45) is 3.80. The molecule has 1 aliphatic rings. The number of fused-ring (bicyclic) bond motifs is 1. The van der Waals surface area contributed by atoms with Gasteiger partial charge in [-0.05, 0) is 4.92 Å². The van der Waals surface area contributed by atoms with Gasteiger partial charge >= 0.3 is 5.82 Å². The summed E-state index contributed by atoms with van der Waals surface area (Å²) in [6.45, 7) is 1.67. The van der Waals surface area contributed by atoms with Crippen LogP contribution in [0.25, 0.3) is 0 Å². The van der Waals surface area contributed by atoms with Gasteiger partial charge in [0.25, 0.3) is 11.8 Å². The molecule has 3 heterocycles. The van der Waals surface area contributed by atoms with Crippen LogP contribution in [-0.4, -0.2) is 47.7 Å². The van der Waals surface area contributed by atoms with Crippen LogP contribution in [0.3, 0.4) is 0 Å². The predicted molar refractivity (Wildman–Crippen MR) is 71.0 cm³/mol. The molecule has 0 fully saturated rings. The summed E-state index contributed by atoms with van der Waals surface area (Å²) in [5.41, 5.74) is 0.00806. The van der Waals surface area contributed by atoms with Crippen molar-refractivity contribution in [3.05, 3.63) is 45.9 Å². The summed E-state index contributed by atoms with van der Waals surface area (Å²) in [5, 5.41) is 10.9. The lowest BCUT2D eigenvalue weighted by Gasteiger charge is -2.12. The van der Waals surface area contributed by atoms with Crippen molar-refractivity contribution in [2.24, 2.45) is 0 Å². The molecule has 2 aromatic rings. The number of aromatic nitrogens is 4. The monoisotopic (exact) mass is 302 g/mol. The van der Waals surface area contributed by atoms with Gasteiger partial charge in [-0.1, -0.05) is 0 Å². The van der Waals surface area contributed by atoms with Gasteiger partial charge in [-0.2, -0.15) is 0 Å². The van der Waals surface area contributed by atoms with Crippen LogP contribution >= 0.6 is 0 Å². The molecule has 0 bridgehead atoms. The maximum absolute atomic E-state index is 12.1. The number of nitro groups is 1. The van der Waals surface area contributed by atoms with E-state index in [1.807, 2.05) is 0 Å². The molecule has 0 radical (unpaired) electrons. The number of imide groups is 1. The number of imidazole rings is 1. The van der Waals surface area contributed by atoms with E-state index in [9.17, 15) is 19.7 Å². The van der Waals surface area contributed by atoms with Crippen LogP contribution in [0, 0.1) is 17.0 Å². The minimum Gasteiger partial charge on any atom is -0.358 e. The van der Waals surface area contributed by atoms with Crippen molar-refractivity contribution in [3.8, 4) is 0 Å². The Morgan fingerprint density at radius 1 is 1.09 bits per heavy atom. The zero-order valence-electron chi connectivity index (χ0n) is 11.5. The SMILES string of the molecule is Cc1ncc([N+](=O)[O-])n1CCN1C(=O)c2nccnc2C1=O. The summed E-state index contributed by atoms with van der Waals surface area (Å²) in [5.74, 6) is -0.855. The van der Waals surface area contributed by atoms with Crippen molar-refractivity contribution in [2.75, 3.05) is 6.54 Å². The van der Waals surface area contributed by atoms with Gasteiger partial charge in [0.15, 0.2) is 17.2 Å². The lowest BCUT2D eigenvalue weighted by Crippen LogP contribution is -2.33. The van der Waals surface area contributed by atoms with Gasteiger partial charge in [-0.25, -0.2) is 19.5 Å². The largest absolute Gasteiger partial charge is 0.358 e. The third kappa shape index (κ3) is 2.01. The fraction of sp³-hybridized carbons (Fsp3) is 0.250. The molecule has 0 saturated heterocycles. The molecule has 1 aliphatic heterocycles. The quantitative estimate of drug-likeness (QED) is 0.448. The lowest BCUT2D eigenvalue weighted by molar-refractivity contribution is -0.392. The Hall–Kier alpha value is -3.17. The fourth-order valence-corrected chi connectivity index (χ4v) is 2.28. The second-order valence-corrected chi connectivity index (χ2v) is 4.59. The number of aryl methyl sites for hydroxylation is 1. The number of hydrogen-bond donors (Lipinski definition) is 0. The van der Waals surface area contributed by atoms with Crippen LogP contribution in [0.2, 0.25) is 0 Å². The van der Waals surface area contributed by atoms with Crippen molar-refractivity contribution < 1.29 is 14.5 Å². The molecule has 0 N–H and O–H groups in total. The molecule has 3 rings (SSSR count). The molecule has 0 unspecified atom stereocenters. The Morgan fingerprint density at radius 2 is 1.68 bits per heavy atom. The number of rotatable bonds is 4. The minimum absolute atomic E-state index is 0.00403. The molecule has 10 heteroatoms. The van der Waals surface area contributed by atoms with E-state index in [4.69, 9.17) is 0 Å². The van der Waals surface area contributed by atoms with Crippen LogP contribution in [0.5, 0.6) is 0 Å². The van der Waals surface area contributed by atoms with Crippen LogP contribution in [0.1, 0.15) is 26.8 Å². The first-order valence-corrected chi connectivity index (χ1v) is 6.34. The summed E-state index contributed by atoms with van der Waals surface area (Å²) in [7, 11) is 0. The number of amides is 2. The molecule has 0 saturated carbocycles. The van der Waals surface area contributed by atoms with Crippen LogP contribution in [0.15, 0.2) is 18.6 Å². The number of nitrogens with zero attached hydrogens (tertiary/aromatic N) is 6. The van der Waals surface area contributed by atoms with E-state index in [2.05, 4.69) is 15.0 Å². The molecule has 0 aromatic carbocycles. The normalized spacial score (nSPS) is 13.6. The third-order valence-electron chi connectivity index (χ3n) is 3.36. The number of carbonyl (C=O) groups excluding carboxylic acids is 2. The second-order valence-electron chi connectivity index (χ2n) is 4.59. The molecule has 112 valence electrons. The van der Waals surface area contributed by atoms with Crippen LogP contribution in [0.4, 0.5) is 5.82 Å². The van der Waals surface area contributed by atoms with E-state index in [-0.39, 0.29) is 30.3 Å². The molecular formula is C12H10N6O4. The number of hydrogen-bond acceptors (Lipinski definition) is 7. The second kappa shape index (κ2) is 4.98. The summed E-state index contributed by atoms with van der Waals surface area (Å²) >= 11 is 0. The molecule has 0 atom stereocenters. The maximum atomic E-state index is 12.1. The first-order chi connectivity index (χ1) is 10.5. The van der Waals surface area contributed by atoms with Crippen molar-refractivity contribution in [1.29, 1.82) is 0 Å². The predicted octanol–water partition coefficient (Wildman–Crippen LogP) is 0.186. The Bertz CT molecular complexity index is 764. The van der Waals surface area contributed by atoms with E-state index < -0.39 is 16.7 Å². The highest BCUT2D eigenvalue weighted by molar-refractivity contribution is 6.19. The van der Waals surface area contributed by atoms with Crippen molar-refractivity contribution in [2.45, 2.75) is 13.5 Å². The van der Waals surface area contributed by atoms with E-state index >= 15 is 0 Å². The van der Waals surface area contributed by atoms with Gasteiger partial charge in [-0.15, -0.1) is 0 Å². The molecule has 2 amide bonds. The van der Waals surface area contributed by atoms with Crippen molar-refractivity contribution in [3.63, 3.8) is 0 Å². The average Bonchev–Trinajstić information content (AvgIpc) is 2.98. The highest BCUT2D eigenvalue weighted by atomic mass is 16.6. The van der Waals surface area contributed by atoms with Gasteiger partial charge in [0.05, 0.1) is 6.54 Å². The van der Waals surface area contributed by atoms with Gasteiger partial charge in [0.2, 0.25) is 0 Å². The van der Waals surface area contributed by atoms with Gasteiger partial charge in [0.1, 0.15) is 12.7 Å². The lowest BCUT2D eigenvalue weighted by atomic mass is 10.3. The summed E-state index contributed by atoms with van der Waals surface area (Å²) < 4.78 is 1.34. The Labute approximate surface area is 123 Å². The Morgan fingerprint density at radius 3 is 2.23 bits per heavy atom. The van der Waals surface area contributed by atoms with Gasteiger partial charge in [0, 0.05) is 19.3 Å². The van der Waals surface area contributed by atoms with Crippen LogP contribution in [-0.2, 0) is 6.54 Å². The van der Waals surface area contributed by atoms with E-state index in [0.29, 0.717) is 5.82 Å². The molecular weight excluding hydrogens is 292 g/mol. The molecule has 22 heavy (non-hydrogen) atoms. The van der Waals surface area contributed by atoms with E-state index in [0.717, 1.165) is 11.1 Å². The standard InChI is InChI=1S/C12H10N6O4/c1-7-15-6-8(18(21)22)16(7)4-5-17-11(19)9-10(12(17)20)14-3-2-13-9/h2-3,6H,4-5H2,1H3. The summed E-state index contributed by atoms with van der Waals surface area (Å²) in [4.78, 5) is 47.1. The topological polar surface area (TPSA) is 124 Å². The maximum Gasteiger partial charge on any atom is 0.342 e. The highest BCUT2D eigenvalue weighted by Crippen LogP contribution is 2.19. The Balaban J connectivity index is 1.82. The average molecular weight is 302 g/mol. The van der Waals surface area contributed by atoms with Crippen molar-refractivity contribution in [1.82, 2.24) is 24.4 Å². The third-order valence-corrected chi connectivity index (χ3v) is 3.36. The fourth-order valence-electron chi connectivity index (χ4n) is 2.28. The zero-order chi connectivity index (χ0) is 15.9. The highest BCUT2D eigenvalue weighted by Gasteiger charge is 2.38. The molecule has 0 spiro atoms. The van der Waals surface area contributed by atoms with Crippen LogP contribution < -0.4 is 0 Å². The minimum atomic E-state index is -0.564. The molecule has 0 aliphatic carbocycles. The summed E-state index contributed by atoms with van der Waals surface area (Å²) in [6, 6.07) is 0.